The summed E-state index contributed by atoms with van der Waals surface area (Å²) in [7, 11) is -3.92. The fourth-order valence-electron chi connectivity index (χ4n) is 3.39. The van der Waals surface area contributed by atoms with E-state index in [0.29, 0.717) is 18.7 Å². The van der Waals surface area contributed by atoms with E-state index in [1.165, 1.54) is 13.0 Å². The summed E-state index contributed by atoms with van der Waals surface area (Å²) >= 11 is 0. The first kappa shape index (κ1) is 21.9. The van der Waals surface area contributed by atoms with Gasteiger partial charge in [-0.2, -0.15) is 4.72 Å². The molecule has 160 valence electrons. The number of carbonyl (C=O) groups is 2. The van der Waals surface area contributed by atoms with Gasteiger partial charge in [-0.1, -0.05) is 19.9 Å². The molecule has 0 saturated heterocycles. The highest BCUT2D eigenvalue weighted by atomic mass is 32.2. The van der Waals surface area contributed by atoms with Crippen LogP contribution in [0.4, 0.5) is 5.69 Å². The zero-order chi connectivity index (χ0) is 21.9. The van der Waals surface area contributed by atoms with Gasteiger partial charge in [0.15, 0.2) is 0 Å². The molecule has 2 aromatic rings. The topological polar surface area (TPSA) is 108 Å². The van der Waals surface area contributed by atoms with Crippen LogP contribution in [0.25, 0.3) is 0 Å². The summed E-state index contributed by atoms with van der Waals surface area (Å²) in [5, 5.41) is 2.74. The van der Waals surface area contributed by atoms with Crippen LogP contribution >= 0.6 is 0 Å². The zero-order valence-electron chi connectivity index (χ0n) is 17.3. The molecule has 2 N–H and O–H groups in total. The molecule has 8 nitrogen and oxygen atoms in total. The molecule has 30 heavy (non-hydrogen) atoms. The molecule has 2 amide bonds. The van der Waals surface area contributed by atoms with Gasteiger partial charge < -0.3 is 10.2 Å². The molecular formula is C21H26N4O4S. The number of anilines is 1. The van der Waals surface area contributed by atoms with Gasteiger partial charge in [0.1, 0.15) is 6.04 Å². The van der Waals surface area contributed by atoms with E-state index in [4.69, 9.17) is 0 Å². The molecule has 1 aromatic carbocycles. The number of sulfonamides is 1. The number of nitrogens with one attached hydrogen (secondary N) is 2. The lowest BCUT2D eigenvalue weighted by Crippen LogP contribution is -2.49. The van der Waals surface area contributed by atoms with E-state index in [1.807, 2.05) is 6.07 Å². The third-order valence-corrected chi connectivity index (χ3v) is 6.48. The minimum Gasteiger partial charge on any atom is -0.349 e. The van der Waals surface area contributed by atoms with Crippen molar-refractivity contribution in [3.8, 4) is 0 Å². The number of rotatable bonds is 7. The highest BCUT2D eigenvalue weighted by Crippen LogP contribution is 2.30. The highest BCUT2D eigenvalue weighted by Gasteiger charge is 2.30. The number of benzene rings is 1. The third kappa shape index (κ3) is 4.85. The Morgan fingerprint density at radius 3 is 2.60 bits per heavy atom. The molecule has 0 saturated carbocycles. The van der Waals surface area contributed by atoms with Gasteiger partial charge in [-0.3, -0.25) is 14.6 Å². The molecule has 1 atom stereocenters. The van der Waals surface area contributed by atoms with E-state index in [0.717, 1.165) is 11.3 Å². The third-order valence-electron chi connectivity index (χ3n) is 5.04. The van der Waals surface area contributed by atoms with Crippen molar-refractivity contribution >= 4 is 27.5 Å². The summed E-state index contributed by atoms with van der Waals surface area (Å²) in [5.41, 5.74) is 2.22. The Morgan fingerprint density at radius 1 is 1.20 bits per heavy atom. The van der Waals surface area contributed by atoms with Crippen molar-refractivity contribution < 1.29 is 18.0 Å². The summed E-state index contributed by atoms with van der Waals surface area (Å²) in [6.07, 6.45) is 2.22. The summed E-state index contributed by atoms with van der Waals surface area (Å²) in [4.78, 5) is 30.2. The monoisotopic (exact) mass is 430 g/mol. The van der Waals surface area contributed by atoms with Gasteiger partial charge in [0.2, 0.25) is 21.8 Å². The lowest BCUT2D eigenvalue weighted by Gasteiger charge is -2.22. The summed E-state index contributed by atoms with van der Waals surface area (Å²) in [5.74, 6) is -0.749. The van der Waals surface area contributed by atoms with E-state index in [2.05, 4.69) is 15.0 Å². The van der Waals surface area contributed by atoms with E-state index >= 15 is 0 Å². The Morgan fingerprint density at radius 2 is 1.97 bits per heavy atom. The van der Waals surface area contributed by atoms with Crippen molar-refractivity contribution in [1.82, 2.24) is 15.0 Å². The Bertz CT molecular complexity index is 1040. The minimum atomic E-state index is -3.92. The average molecular weight is 431 g/mol. The van der Waals surface area contributed by atoms with Crippen LogP contribution in [0, 0.1) is 5.92 Å². The fourth-order valence-corrected chi connectivity index (χ4v) is 4.78. The summed E-state index contributed by atoms with van der Waals surface area (Å²) < 4.78 is 28.4. The molecule has 0 fully saturated rings. The van der Waals surface area contributed by atoms with E-state index in [9.17, 15) is 18.0 Å². The maximum absolute atomic E-state index is 13.0. The van der Waals surface area contributed by atoms with Gasteiger partial charge in [0.05, 0.1) is 17.1 Å². The maximum atomic E-state index is 13.0. The minimum absolute atomic E-state index is 0.0769. The normalized spacial score (nSPS) is 14.5. The van der Waals surface area contributed by atoms with Gasteiger partial charge >= 0.3 is 0 Å². The van der Waals surface area contributed by atoms with Gasteiger partial charge in [0, 0.05) is 25.4 Å². The van der Waals surface area contributed by atoms with Gasteiger partial charge in [-0.15, -0.1) is 0 Å². The van der Waals surface area contributed by atoms with Gasteiger partial charge in [-0.25, -0.2) is 8.42 Å². The molecule has 0 spiro atoms. The number of nitrogens with zero attached hydrogens (tertiary/aromatic N) is 2. The van der Waals surface area contributed by atoms with Gasteiger partial charge in [-0.05, 0) is 48.2 Å². The van der Waals surface area contributed by atoms with E-state index < -0.39 is 22.0 Å². The predicted octanol–water partition coefficient (Wildman–Crippen LogP) is 1.61. The number of fused-ring (bicyclic) bond motifs is 1. The Labute approximate surface area is 176 Å². The van der Waals surface area contributed by atoms with Crippen LogP contribution in [-0.4, -0.2) is 37.8 Å². The Balaban J connectivity index is 1.74. The van der Waals surface area contributed by atoms with Crippen LogP contribution in [0.1, 0.15) is 32.0 Å². The zero-order valence-corrected chi connectivity index (χ0v) is 18.1. The molecule has 9 heteroatoms. The number of hydrogen-bond acceptors (Lipinski definition) is 5. The second-order valence-corrected chi connectivity index (χ2v) is 9.31. The smallest absolute Gasteiger partial charge is 0.241 e. The molecular weight excluding hydrogens is 404 g/mol. The lowest BCUT2D eigenvalue weighted by molar-refractivity contribution is -0.123. The van der Waals surface area contributed by atoms with Crippen molar-refractivity contribution in [2.45, 2.75) is 44.7 Å². The highest BCUT2D eigenvalue weighted by molar-refractivity contribution is 7.89. The van der Waals surface area contributed by atoms with Crippen LogP contribution in [-0.2, 0) is 32.6 Å². The first-order chi connectivity index (χ1) is 14.2. The molecule has 0 aliphatic carbocycles. The van der Waals surface area contributed by atoms with Crippen molar-refractivity contribution in [3.63, 3.8) is 0 Å². The molecule has 1 aliphatic rings. The first-order valence-electron chi connectivity index (χ1n) is 9.80. The summed E-state index contributed by atoms with van der Waals surface area (Å²) in [6.45, 7) is 5.79. The number of hydrogen-bond donors (Lipinski definition) is 2. The van der Waals surface area contributed by atoms with Crippen molar-refractivity contribution in [1.29, 1.82) is 0 Å². The molecule has 3 rings (SSSR count). The van der Waals surface area contributed by atoms with Crippen LogP contribution < -0.4 is 14.9 Å². The largest absolute Gasteiger partial charge is 0.349 e. The number of aromatic nitrogens is 1. The molecule has 1 aliphatic heterocycles. The Kier molecular flexibility index (Phi) is 6.52. The van der Waals surface area contributed by atoms with Crippen LogP contribution in [0.2, 0.25) is 0 Å². The van der Waals surface area contributed by atoms with Crippen LogP contribution in [0.5, 0.6) is 0 Å². The second kappa shape index (κ2) is 8.93. The van der Waals surface area contributed by atoms with Crippen LogP contribution in [0.3, 0.4) is 0 Å². The average Bonchev–Trinajstić information content (AvgIpc) is 3.14. The quantitative estimate of drug-likeness (QED) is 0.694. The number of carbonyl (C=O) groups excluding carboxylic acids is 2. The number of pyridine rings is 1. The summed E-state index contributed by atoms with van der Waals surface area (Å²) in [6, 6.07) is 9.13. The molecule has 2 heterocycles. The van der Waals surface area contributed by atoms with E-state index in [-0.39, 0.29) is 23.3 Å². The molecule has 0 bridgehead atoms. The predicted molar refractivity (Wildman–Crippen MR) is 113 cm³/mol. The second-order valence-electron chi connectivity index (χ2n) is 7.59. The van der Waals surface area contributed by atoms with Crippen molar-refractivity contribution in [2.75, 3.05) is 11.4 Å². The van der Waals surface area contributed by atoms with Crippen LogP contribution in [0.15, 0.2) is 47.5 Å². The standard InChI is InChI=1S/C21H26N4O4S/c1-14(2)20(21(27)23-13-17-6-4-5-10-22-17)24-30(28,29)18-7-8-19-16(12-18)9-11-25(19)15(3)26/h4-8,10,12,14,20,24H,9,11,13H2,1-3H3,(H,23,27). The van der Waals surface area contributed by atoms with Crippen molar-refractivity contribution in [3.05, 3.63) is 53.9 Å². The SMILES string of the molecule is CC(=O)N1CCc2cc(S(=O)(=O)NC(C(=O)NCc3ccccn3)C(C)C)ccc21. The molecule has 0 radical (unpaired) electrons. The first-order valence-corrected chi connectivity index (χ1v) is 11.3. The van der Waals surface area contributed by atoms with Gasteiger partial charge in [0.25, 0.3) is 0 Å². The fraction of sp³-hybridized carbons (Fsp3) is 0.381. The molecule has 1 unspecified atom stereocenters. The van der Waals surface area contributed by atoms with E-state index in [1.54, 1.807) is 49.2 Å². The number of amides is 2. The maximum Gasteiger partial charge on any atom is 0.241 e. The lowest BCUT2D eigenvalue weighted by atomic mass is 10.1. The van der Waals surface area contributed by atoms with Crippen molar-refractivity contribution in [2.24, 2.45) is 5.92 Å². The molecule has 1 aromatic heterocycles. The Hall–Kier alpha value is -2.78.